The van der Waals surface area contributed by atoms with E-state index in [1.807, 2.05) is 27.7 Å². The van der Waals surface area contributed by atoms with Gasteiger partial charge in [0.25, 0.3) is 0 Å². The van der Waals surface area contributed by atoms with Gasteiger partial charge >= 0.3 is 12.1 Å². The maximum atomic E-state index is 11.3. The first kappa shape index (κ1) is 16.7. The van der Waals surface area contributed by atoms with Gasteiger partial charge in [-0.05, 0) is 40.0 Å². The number of rotatable bonds is 7. The summed E-state index contributed by atoms with van der Waals surface area (Å²) in [5.41, 5.74) is -0.485. The Morgan fingerprint density at radius 2 is 1.89 bits per heavy atom. The van der Waals surface area contributed by atoms with E-state index in [-0.39, 0.29) is 5.92 Å². The van der Waals surface area contributed by atoms with Crippen LogP contribution < -0.4 is 5.32 Å². The summed E-state index contributed by atoms with van der Waals surface area (Å²) >= 11 is 0. The van der Waals surface area contributed by atoms with Crippen molar-refractivity contribution in [2.75, 3.05) is 6.54 Å². The fraction of sp³-hybridized carbons (Fsp3) is 0.846. The summed E-state index contributed by atoms with van der Waals surface area (Å²) < 4.78 is 5.08. The van der Waals surface area contributed by atoms with Crippen molar-refractivity contribution in [2.24, 2.45) is 5.92 Å². The maximum Gasteiger partial charge on any atom is 0.407 e. The predicted molar refractivity (Wildman–Crippen MR) is 69.5 cm³/mol. The molecule has 0 saturated carbocycles. The Morgan fingerprint density at radius 1 is 1.28 bits per heavy atom. The molecule has 0 aliphatic heterocycles. The van der Waals surface area contributed by atoms with Crippen molar-refractivity contribution in [3.63, 3.8) is 0 Å². The number of amides is 1. The van der Waals surface area contributed by atoms with E-state index in [0.717, 1.165) is 12.8 Å². The molecule has 0 bridgehead atoms. The highest BCUT2D eigenvalue weighted by atomic mass is 16.6. The lowest BCUT2D eigenvalue weighted by Crippen LogP contribution is -2.33. The van der Waals surface area contributed by atoms with Gasteiger partial charge in [-0.2, -0.15) is 0 Å². The molecule has 0 aromatic rings. The van der Waals surface area contributed by atoms with Crippen LogP contribution in [0.1, 0.15) is 53.4 Å². The highest BCUT2D eigenvalue weighted by Gasteiger charge is 2.16. The molecule has 1 atom stereocenters. The first-order valence-electron chi connectivity index (χ1n) is 6.46. The molecular weight excluding hydrogens is 234 g/mol. The third kappa shape index (κ3) is 8.84. The number of alkyl carbamates (subject to hydrolysis) is 1. The fourth-order valence-corrected chi connectivity index (χ4v) is 1.52. The number of carboxylic acid groups (broad SMARTS) is 1. The summed E-state index contributed by atoms with van der Waals surface area (Å²) in [7, 11) is 0. The molecule has 1 amide bonds. The molecule has 0 radical (unpaired) electrons. The van der Waals surface area contributed by atoms with Crippen molar-refractivity contribution in [1.82, 2.24) is 5.32 Å². The number of carboxylic acids is 1. The van der Waals surface area contributed by atoms with E-state index in [0.29, 0.717) is 19.4 Å². The molecule has 2 N–H and O–H groups in total. The second-order valence-electron chi connectivity index (χ2n) is 5.37. The number of unbranched alkanes of at least 4 members (excludes halogenated alkanes) is 1. The molecule has 0 heterocycles. The van der Waals surface area contributed by atoms with Crippen LogP contribution in [0.3, 0.4) is 0 Å². The van der Waals surface area contributed by atoms with Crippen LogP contribution in [-0.2, 0) is 9.53 Å². The second kappa shape index (κ2) is 7.95. The van der Waals surface area contributed by atoms with Gasteiger partial charge in [0.15, 0.2) is 0 Å². The average Bonchev–Trinajstić information content (AvgIpc) is 2.20. The van der Waals surface area contributed by atoms with Gasteiger partial charge in [0, 0.05) is 6.54 Å². The quantitative estimate of drug-likeness (QED) is 0.689. The molecule has 0 spiro atoms. The summed E-state index contributed by atoms with van der Waals surface area (Å²) in [6.45, 7) is 7.82. The van der Waals surface area contributed by atoms with Crippen molar-refractivity contribution in [3.8, 4) is 0 Å². The lowest BCUT2D eigenvalue weighted by atomic mass is 10.00. The number of ether oxygens (including phenoxy) is 1. The van der Waals surface area contributed by atoms with Crippen molar-refractivity contribution < 1.29 is 19.4 Å². The topological polar surface area (TPSA) is 75.6 Å². The van der Waals surface area contributed by atoms with Gasteiger partial charge in [-0.3, -0.25) is 4.79 Å². The Balaban J connectivity index is 3.62. The van der Waals surface area contributed by atoms with E-state index in [2.05, 4.69) is 5.32 Å². The van der Waals surface area contributed by atoms with E-state index in [1.54, 1.807) is 0 Å². The smallest absolute Gasteiger partial charge is 0.407 e. The minimum Gasteiger partial charge on any atom is -0.481 e. The van der Waals surface area contributed by atoms with Crippen LogP contribution in [0.2, 0.25) is 0 Å². The van der Waals surface area contributed by atoms with Crippen molar-refractivity contribution >= 4 is 12.1 Å². The van der Waals surface area contributed by atoms with Crippen LogP contribution in [0.4, 0.5) is 4.79 Å². The van der Waals surface area contributed by atoms with Crippen molar-refractivity contribution in [3.05, 3.63) is 0 Å². The Hall–Kier alpha value is -1.26. The molecule has 106 valence electrons. The molecule has 1 unspecified atom stereocenters. The number of hydrogen-bond donors (Lipinski definition) is 2. The predicted octanol–water partition coefficient (Wildman–Crippen LogP) is 2.79. The largest absolute Gasteiger partial charge is 0.481 e. The summed E-state index contributed by atoms with van der Waals surface area (Å²) in [5.74, 6) is -1.01. The third-order valence-corrected chi connectivity index (χ3v) is 2.49. The normalized spacial score (nSPS) is 12.9. The second-order valence-corrected chi connectivity index (χ2v) is 5.37. The van der Waals surface area contributed by atoms with E-state index in [9.17, 15) is 9.59 Å². The van der Waals surface area contributed by atoms with Crippen LogP contribution in [-0.4, -0.2) is 29.3 Å². The number of nitrogens with one attached hydrogen (secondary N) is 1. The third-order valence-electron chi connectivity index (χ3n) is 2.49. The standard InChI is InChI=1S/C13H25NO4/c1-5-10(11(15)16)8-6-7-9-14-12(17)18-13(2,3)4/h10H,5-9H2,1-4H3,(H,14,17)(H,15,16). The van der Waals surface area contributed by atoms with E-state index in [4.69, 9.17) is 9.84 Å². The number of carbonyl (C=O) groups excluding carboxylic acids is 1. The Labute approximate surface area is 109 Å². The van der Waals surface area contributed by atoms with Gasteiger partial charge in [0.2, 0.25) is 0 Å². The molecule has 0 saturated heterocycles. The molecular formula is C13H25NO4. The fourth-order valence-electron chi connectivity index (χ4n) is 1.52. The molecule has 0 aromatic heterocycles. The summed E-state index contributed by atoms with van der Waals surface area (Å²) in [4.78, 5) is 22.1. The first-order valence-corrected chi connectivity index (χ1v) is 6.46. The zero-order valence-corrected chi connectivity index (χ0v) is 11.8. The van der Waals surface area contributed by atoms with Gasteiger partial charge in [0.05, 0.1) is 5.92 Å². The van der Waals surface area contributed by atoms with Crippen molar-refractivity contribution in [2.45, 2.75) is 59.0 Å². The summed E-state index contributed by atoms with van der Waals surface area (Å²) in [6.07, 6.45) is 2.44. The zero-order chi connectivity index (χ0) is 14.2. The number of carbonyl (C=O) groups is 2. The summed E-state index contributed by atoms with van der Waals surface area (Å²) in [6, 6.07) is 0. The van der Waals surface area contributed by atoms with Gasteiger partial charge in [-0.15, -0.1) is 0 Å². The van der Waals surface area contributed by atoms with Crippen LogP contribution in [0.5, 0.6) is 0 Å². The molecule has 5 nitrogen and oxygen atoms in total. The minimum atomic E-state index is -0.738. The van der Waals surface area contributed by atoms with Crippen molar-refractivity contribution in [1.29, 1.82) is 0 Å². The molecule has 0 rings (SSSR count). The van der Waals surface area contributed by atoms with Gasteiger partial charge in [0.1, 0.15) is 5.60 Å². The number of hydrogen-bond acceptors (Lipinski definition) is 3. The molecule has 0 aliphatic carbocycles. The molecule has 18 heavy (non-hydrogen) atoms. The van der Waals surface area contributed by atoms with Crippen LogP contribution >= 0.6 is 0 Å². The average molecular weight is 259 g/mol. The lowest BCUT2D eigenvalue weighted by molar-refractivity contribution is -0.142. The van der Waals surface area contributed by atoms with Gasteiger partial charge in [-0.25, -0.2) is 4.79 Å². The monoisotopic (exact) mass is 259 g/mol. The molecule has 0 aliphatic rings. The summed E-state index contributed by atoms with van der Waals surface area (Å²) in [5, 5.41) is 11.5. The van der Waals surface area contributed by atoms with Gasteiger partial charge < -0.3 is 15.2 Å². The van der Waals surface area contributed by atoms with E-state index in [1.165, 1.54) is 0 Å². The van der Waals surface area contributed by atoms with Crippen LogP contribution in [0.15, 0.2) is 0 Å². The zero-order valence-electron chi connectivity index (χ0n) is 11.8. The SMILES string of the molecule is CCC(CCCCNC(=O)OC(C)(C)C)C(=O)O. The Morgan fingerprint density at radius 3 is 2.33 bits per heavy atom. The first-order chi connectivity index (χ1) is 8.26. The van der Waals surface area contributed by atoms with Crippen LogP contribution in [0.25, 0.3) is 0 Å². The highest BCUT2D eigenvalue weighted by Crippen LogP contribution is 2.12. The van der Waals surface area contributed by atoms with Crippen LogP contribution in [0, 0.1) is 5.92 Å². The lowest BCUT2D eigenvalue weighted by Gasteiger charge is -2.19. The maximum absolute atomic E-state index is 11.3. The molecule has 5 heteroatoms. The molecule has 0 aromatic carbocycles. The number of aliphatic carboxylic acids is 1. The van der Waals surface area contributed by atoms with E-state index >= 15 is 0 Å². The highest BCUT2D eigenvalue weighted by molar-refractivity contribution is 5.69. The Bertz CT molecular complexity index is 271. The van der Waals surface area contributed by atoms with Gasteiger partial charge in [-0.1, -0.05) is 13.3 Å². The molecule has 0 fully saturated rings. The Kier molecular flexibility index (Phi) is 7.39. The minimum absolute atomic E-state index is 0.272. The van der Waals surface area contributed by atoms with E-state index < -0.39 is 17.7 Å².